The van der Waals surface area contributed by atoms with E-state index in [1.165, 1.54) is 0 Å². The predicted molar refractivity (Wildman–Crippen MR) is 81.2 cm³/mol. The number of hydrogen-bond donors (Lipinski definition) is 1. The predicted octanol–water partition coefficient (Wildman–Crippen LogP) is 3.65. The molecule has 0 saturated heterocycles. The summed E-state index contributed by atoms with van der Waals surface area (Å²) in [6, 6.07) is 17.4. The molecule has 0 spiro atoms. The van der Waals surface area contributed by atoms with Gasteiger partial charge in [0.2, 0.25) is 0 Å². The van der Waals surface area contributed by atoms with Crippen LogP contribution < -0.4 is 4.74 Å². The van der Waals surface area contributed by atoms with Crippen LogP contribution in [0.25, 0.3) is 0 Å². The van der Waals surface area contributed by atoms with E-state index in [1.807, 2.05) is 54.6 Å². The Labute approximate surface area is 125 Å². The number of methoxy groups -OCH3 is 1. The lowest BCUT2D eigenvalue weighted by atomic mass is 9.98. The monoisotopic (exact) mass is 284 g/mol. The van der Waals surface area contributed by atoms with Crippen molar-refractivity contribution >= 4 is 0 Å². The van der Waals surface area contributed by atoms with E-state index >= 15 is 0 Å². The zero-order valence-corrected chi connectivity index (χ0v) is 12.1. The first-order valence-electron chi connectivity index (χ1n) is 7.30. The molecule has 1 aliphatic carbocycles. The molecule has 0 amide bonds. The highest BCUT2D eigenvalue weighted by Gasteiger charge is 2.24. The molecule has 2 unspecified atom stereocenters. The van der Waals surface area contributed by atoms with Crippen molar-refractivity contribution in [2.45, 2.75) is 31.2 Å². The lowest BCUT2D eigenvalue weighted by Gasteiger charge is -2.22. The summed E-state index contributed by atoms with van der Waals surface area (Å²) in [6.07, 6.45) is 1.60. The Hall–Kier alpha value is -1.84. The smallest absolute Gasteiger partial charge is 0.119 e. The number of benzene rings is 2. The fourth-order valence-corrected chi connectivity index (χ4v) is 2.39. The molecule has 2 aromatic rings. The lowest BCUT2D eigenvalue weighted by molar-refractivity contribution is -0.0149. The van der Waals surface area contributed by atoms with Gasteiger partial charge in [-0.2, -0.15) is 0 Å². The molecular formula is C18H20O3. The second kappa shape index (κ2) is 6.29. The summed E-state index contributed by atoms with van der Waals surface area (Å²) < 4.78 is 11.2. The normalized spacial score (nSPS) is 17.2. The second-order valence-corrected chi connectivity index (χ2v) is 5.40. The lowest BCUT2D eigenvalue weighted by Crippen LogP contribution is -2.13. The summed E-state index contributed by atoms with van der Waals surface area (Å²) in [7, 11) is 1.62. The minimum Gasteiger partial charge on any atom is -0.490 e. The van der Waals surface area contributed by atoms with Crippen LogP contribution >= 0.6 is 0 Å². The highest BCUT2D eigenvalue weighted by molar-refractivity contribution is 5.31. The second-order valence-electron chi connectivity index (χ2n) is 5.40. The Balaban J connectivity index is 1.74. The molecule has 2 aromatic carbocycles. The van der Waals surface area contributed by atoms with Gasteiger partial charge in [-0.25, -0.2) is 0 Å². The minimum absolute atomic E-state index is 0.374. The van der Waals surface area contributed by atoms with Crippen LogP contribution in [0.3, 0.4) is 0 Å². The van der Waals surface area contributed by atoms with E-state index in [9.17, 15) is 5.11 Å². The molecule has 0 radical (unpaired) electrons. The van der Waals surface area contributed by atoms with Crippen molar-refractivity contribution in [3.05, 3.63) is 65.7 Å². The first-order chi connectivity index (χ1) is 10.3. The average Bonchev–Trinajstić information content (AvgIpc) is 3.34. The third-order valence-electron chi connectivity index (χ3n) is 3.72. The van der Waals surface area contributed by atoms with Crippen molar-refractivity contribution < 1.29 is 14.6 Å². The van der Waals surface area contributed by atoms with Gasteiger partial charge < -0.3 is 14.6 Å². The molecular weight excluding hydrogens is 264 g/mol. The molecule has 110 valence electrons. The van der Waals surface area contributed by atoms with Crippen molar-refractivity contribution in [3.63, 3.8) is 0 Å². The maximum absolute atomic E-state index is 10.6. The van der Waals surface area contributed by atoms with Crippen molar-refractivity contribution in [3.8, 4) is 5.75 Å². The third kappa shape index (κ3) is 3.43. The Kier molecular flexibility index (Phi) is 4.23. The molecule has 1 saturated carbocycles. The fraction of sp³-hybridized carbons (Fsp3) is 0.333. The summed E-state index contributed by atoms with van der Waals surface area (Å²) >= 11 is 0. The van der Waals surface area contributed by atoms with E-state index in [0.717, 1.165) is 29.7 Å². The Morgan fingerprint density at radius 3 is 2.19 bits per heavy atom. The Morgan fingerprint density at radius 1 is 0.952 bits per heavy atom. The minimum atomic E-state index is -0.702. The molecule has 3 nitrogen and oxygen atoms in total. The van der Waals surface area contributed by atoms with Crippen molar-refractivity contribution in [1.29, 1.82) is 0 Å². The van der Waals surface area contributed by atoms with Crippen LogP contribution in [0.5, 0.6) is 5.75 Å². The topological polar surface area (TPSA) is 38.7 Å². The maximum atomic E-state index is 10.6. The fourth-order valence-electron chi connectivity index (χ4n) is 2.39. The van der Waals surface area contributed by atoms with Crippen molar-refractivity contribution in [2.24, 2.45) is 0 Å². The summed E-state index contributed by atoms with van der Waals surface area (Å²) in [5.41, 5.74) is 1.79. The van der Waals surface area contributed by atoms with Crippen LogP contribution in [-0.2, 0) is 4.74 Å². The van der Waals surface area contributed by atoms with Crippen LogP contribution in [0.15, 0.2) is 54.6 Å². The Bertz CT molecular complexity index is 561. The summed E-state index contributed by atoms with van der Waals surface area (Å²) in [4.78, 5) is 0. The molecule has 1 N–H and O–H groups in total. The Morgan fingerprint density at radius 2 is 1.62 bits per heavy atom. The van der Waals surface area contributed by atoms with Gasteiger partial charge in [-0.3, -0.25) is 0 Å². The molecule has 0 heterocycles. The van der Waals surface area contributed by atoms with Gasteiger partial charge in [0, 0.05) is 7.11 Å². The van der Waals surface area contributed by atoms with Gasteiger partial charge in [0.05, 0.1) is 6.10 Å². The molecule has 0 bridgehead atoms. The third-order valence-corrected chi connectivity index (χ3v) is 3.72. The molecule has 21 heavy (non-hydrogen) atoms. The van der Waals surface area contributed by atoms with Gasteiger partial charge in [0.15, 0.2) is 0 Å². The van der Waals surface area contributed by atoms with Crippen LogP contribution in [-0.4, -0.2) is 18.3 Å². The number of aliphatic hydroxyl groups excluding tert-OH is 1. The SMILES string of the molecule is COC(c1ccccc1)C(O)c1ccc(OC2CC2)cc1. The van der Waals surface area contributed by atoms with E-state index in [-0.39, 0.29) is 6.10 Å². The highest BCUT2D eigenvalue weighted by atomic mass is 16.5. The zero-order chi connectivity index (χ0) is 14.7. The first kappa shape index (κ1) is 14.1. The zero-order valence-electron chi connectivity index (χ0n) is 12.1. The first-order valence-corrected chi connectivity index (χ1v) is 7.30. The van der Waals surface area contributed by atoms with Crippen molar-refractivity contribution in [1.82, 2.24) is 0 Å². The number of hydrogen-bond acceptors (Lipinski definition) is 3. The van der Waals surface area contributed by atoms with Gasteiger partial charge in [-0.15, -0.1) is 0 Å². The number of aliphatic hydroxyl groups is 1. The quantitative estimate of drug-likeness (QED) is 0.880. The molecule has 3 heteroatoms. The van der Waals surface area contributed by atoms with E-state index in [0.29, 0.717) is 6.10 Å². The molecule has 1 aliphatic rings. The summed E-state index contributed by atoms with van der Waals surface area (Å²) in [5.74, 6) is 0.863. The van der Waals surface area contributed by atoms with Crippen LogP contribution in [0, 0.1) is 0 Å². The van der Waals surface area contributed by atoms with E-state index < -0.39 is 6.10 Å². The van der Waals surface area contributed by atoms with Crippen molar-refractivity contribution in [2.75, 3.05) is 7.11 Å². The molecule has 0 aliphatic heterocycles. The van der Waals surface area contributed by atoms with E-state index in [1.54, 1.807) is 7.11 Å². The van der Waals surface area contributed by atoms with Crippen LogP contribution in [0.2, 0.25) is 0 Å². The standard InChI is InChI=1S/C18H20O3/c1-20-18(14-5-3-2-4-6-14)17(19)13-7-9-15(10-8-13)21-16-11-12-16/h2-10,16-19H,11-12H2,1H3. The highest BCUT2D eigenvalue weighted by Crippen LogP contribution is 2.33. The number of rotatable bonds is 6. The van der Waals surface area contributed by atoms with Crippen LogP contribution in [0.1, 0.15) is 36.2 Å². The van der Waals surface area contributed by atoms with Gasteiger partial charge in [-0.1, -0.05) is 42.5 Å². The number of ether oxygens (including phenoxy) is 2. The summed E-state index contributed by atoms with van der Waals surface area (Å²) in [6.45, 7) is 0. The maximum Gasteiger partial charge on any atom is 0.119 e. The molecule has 1 fully saturated rings. The average molecular weight is 284 g/mol. The van der Waals surface area contributed by atoms with Gasteiger partial charge >= 0.3 is 0 Å². The molecule has 3 rings (SSSR count). The molecule has 2 atom stereocenters. The van der Waals surface area contributed by atoms with Gasteiger partial charge in [0.25, 0.3) is 0 Å². The largest absolute Gasteiger partial charge is 0.490 e. The van der Waals surface area contributed by atoms with Gasteiger partial charge in [-0.05, 0) is 36.1 Å². The van der Waals surface area contributed by atoms with E-state index in [4.69, 9.17) is 9.47 Å². The summed E-state index contributed by atoms with van der Waals surface area (Å²) in [5, 5.41) is 10.6. The molecule has 0 aromatic heterocycles. The van der Waals surface area contributed by atoms with Crippen LogP contribution in [0.4, 0.5) is 0 Å². The van der Waals surface area contributed by atoms with E-state index in [2.05, 4.69) is 0 Å². The van der Waals surface area contributed by atoms with Gasteiger partial charge in [0.1, 0.15) is 18.0 Å².